The molecule has 0 aromatic heterocycles. The lowest BCUT2D eigenvalue weighted by Gasteiger charge is -2.10. The summed E-state index contributed by atoms with van der Waals surface area (Å²) in [5.74, 6) is 0.887. The molecule has 12 nitrogen and oxygen atoms in total. The first-order valence-corrected chi connectivity index (χ1v) is 23.3. The highest BCUT2D eigenvalue weighted by atomic mass is 16.5. The molecule has 0 unspecified atom stereocenters. The summed E-state index contributed by atoms with van der Waals surface area (Å²) in [5, 5.41) is 19.2. The zero-order chi connectivity index (χ0) is 45.5. The van der Waals surface area contributed by atoms with Crippen molar-refractivity contribution in [1.29, 1.82) is 0 Å². The van der Waals surface area contributed by atoms with Gasteiger partial charge in [0.15, 0.2) is 0 Å². The smallest absolute Gasteiger partial charge is 0.343 e. The van der Waals surface area contributed by atoms with Crippen LogP contribution >= 0.6 is 0 Å². The van der Waals surface area contributed by atoms with Crippen LogP contribution in [0.1, 0.15) is 149 Å². The Hall–Kier alpha value is -5.46. The fraction of sp³-hybridized carbons (Fsp3) is 0.500. The predicted octanol–water partition coefficient (Wildman–Crippen LogP) is 10.9. The second-order valence-corrected chi connectivity index (χ2v) is 15.9. The van der Waals surface area contributed by atoms with Gasteiger partial charge in [0.05, 0.1) is 37.6 Å². The van der Waals surface area contributed by atoms with E-state index in [9.17, 15) is 19.2 Å². The van der Waals surface area contributed by atoms with Crippen LogP contribution in [0.15, 0.2) is 84.9 Å². The van der Waals surface area contributed by atoms with E-state index in [4.69, 9.17) is 38.6 Å². The van der Waals surface area contributed by atoms with Gasteiger partial charge < -0.3 is 38.6 Å². The SMILES string of the molecule is O=C(CCCCCO)OCCCCCCCCOc1ccc(C(=O)Oc2ccc3cc(OC(=O)c4ccc(OCCCCCCCCOC(=O)CCCCCO)cc4)ccc3c2)cc1. The number of benzene rings is 4. The third-order valence-electron chi connectivity index (χ3n) is 10.6. The second-order valence-electron chi connectivity index (χ2n) is 15.9. The van der Waals surface area contributed by atoms with Crippen molar-refractivity contribution < 1.29 is 57.8 Å². The van der Waals surface area contributed by atoms with Crippen molar-refractivity contribution in [3.8, 4) is 23.0 Å². The van der Waals surface area contributed by atoms with Crippen molar-refractivity contribution in [1.82, 2.24) is 0 Å². The van der Waals surface area contributed by atoms with Crippen LogP contribution in [0.5, 0.6) is 23.0 Å². The number of fused-ring (bicyclic) bond motifs is 1. The summed E-state index contributed by atoms with van der Waals surface area (Å²) in [5.41, 5.74) is 0.807. The van der Waals surface area contributed by atoms with Gasteiger partial charge in [-0.2, -0.15) is 0 Å². The first kappa shape index (κ1) is 51.2. The van der Waals surface area contributed by atoms with Crippen molar-refractivity contribution in [2.75, 3.05) is 39.6 Å². The molecule has 0 aliphatic heterocycles. The van der Waals surface area contributed by atoms with Gasteiger partial charge in [0.25, 0.3) is 0 Å². The molecular formula is C52H68O12. The van der Waals surface area contributed by atoms with Gasteiger partial charge in [0, 0.05) is 26.1 Å². The number of rotatable bonds is 34. The van der Waals surface area contributed by atoms with Crippen molar-refractivity contribution in [3.63, 3.8) is 0 Å². The minimum Gasteiger partial charge on any atom is -0.494 e. The van der Waals surface area contributed by atoms with Crippen LogP contribution in [0, 0.1) is 0 Å². The maximum atomic E-state index is 12.9. The standard InChI is InChI=1S/C52H68O12/c53-33-13-9-11-19-49(55)61-37-17-7-3-1-5-15-35-59-45-27-21-41(22-28-45)51(57)63-47-31-25-44-40-48(32-26-43(44)39-47)64-52(58)42-23-29-46(30-24-42)60-36-16-6-2-4-8-18-38-62-50(56)20-12-10-14-34-54/h21-32,39-40,53-54H,1-20,33-38H2. The number of ether oxygens (including phenoxy) is 6. The molecule has 0 bridgehead atoms. The van der Waals surface area contributed by atoms with Gasteiger partial charge in [-0.3, -0.25) is 9.59 Å². The van der Waals surface area contributed by atoms with Gasteiger partial charge in [0.2, 0.25) is 0 Å². The van der Waals surface area contributed by atoms with E-state index in [-0.39, 0.29) is 25.2 Å². The monoisotopic (exact) mass is 884 g/mol. The number of esters is 4. The predicted molar refractivity (Wildman–Crippen MR) is 246 cm³/mol. The molecule has 348 valence electrons. The zero-order valence-electron chi connectivity index (χ0n) is 37.4. The molecule has 0 radical (unpaired) electrons. The summed E-state index contributed by atoms with van der Waals surface area (Å²) in [6.07, 6.45) is 17.5. The zero-order valence-corrected chi connectivity index (χ0v) is 37.4. The van der Waals surface area contributed by atoms with E-state index < -0.39 is 11.9 Å². The summed E-state index contributed by atoms with van der Waals surface area (Å²) < 4.78 is 33.6. The maximum Gasteiger partial charge on any atom is 0.343 e. The Morgan fingerprint density at radius 3 is 1.06 bits per heavy atom. The topological polar surface area (TPSA) is 164 Å². The van der Waals surface area contributed by atoms with Gasteiger partial charge in [-0.05, 0) is 135 Å². The van der Waals surface area contributed by atoms with E-state index in [2.05, 4.69) is 0 Å². The van der Waals surface area contributed by atoms with Crippen LogP contribution in [0.25, 0.3) is 10.8 Å². The minimum atomic E-state index is -0.483. The summed E-state index contributed by atoms with van der Waals surface area (Å²) in [6, 6.07) is 24.3. The Labute approximate surface area is 378 Å². The number of aliphatic hydroxyl groups excluding tert-OH is 2. The Morgan fingerprint density at radius 1 is 0.359 bits per heavy atom. The van der Waals surface area contributed by atoms with Gasteiger partial charge in [-0.25, -0.2) is 9.59 Å². The van der Waals surface area contributed by atoms with Crippen molar-refractivity contribution >= 4 is 34.6 Å². The van der Waals surface area contributed by atoms with E-state index >= 15 is 0 Å². The highest BCUT2D eigenvalue weighted by Gasteiger charge is 2.13. The molecule has 4 rings (SSSR count). The van der Waals surface area contributed by atoms with Crippen molar-refractivity contribution in [2.45, 2.75) is 128 Å². The summed E-state index contributed by atoms with van der Waals surface area (Å²) in [7, 11) is 0. The van der Waals surface area contributed by atoms with Crippen LogP contribution in [0.4, 0.5) is 0 Å². The van der Waals surface area contributed by atoms with E-state index in [0.29, 0.717) is 73.4 Å². The fourth-order valence-corrected chi connectivity index (χ4v) is 6.87. The Morgan fingerprint density at radius 2 is 0.688 bits per heavy atom. The lowest BCUT2D eigenvalue weighted by atomic mass is 10.1. The molecule has 0 saturated carbocycles. The van der Waals surface area contributed by atoms with Crippen LogP contribution in [-0.2, 0) is 19.1 Å². The Kier molecular flexibility index (Phi) is 25.1. The third-order valence-corrected chi connectivity index (χ3v) is 10.6. The molecule has 64 heavy (non-hydrogen) atoms. The average Bonchev–Trinajstić information content (AvgIpc) is 3.30. The number of carbonyl (C=O) groups excluding carboxylic acids is 4. The second kappa shape index (κ2) is 31.4. The van der Waals surface area contributed by atoms with Crippen LogP contribution in [0.3, 0.4) is 0 Å². The first-order valence-electron chi connectivity index (χ1n) is 23.3. The van der Waals surface area contributed by atoms with E-state index in [1.165, 1.54) is 0 Å². The van der Waals surface area contributed by atoms with Gasteiger partial charge in [-0.1, -0.05) is 76.3 Å². The summed E-state index contributed by atoms with van der Waals surface area (Å²) in [4.78, 5) is 49.2. The van der Waals surface area contributed by atoms with Crippen LogP contribution in [0.2, 0.25) is 0 Å². The molecule has 2 N–H and O–H groups in total. The highest BCUT2D eigenvalue weighted by Crippen LogP contribution is 2.27. The molecule has 0 spiro atoms. The molecule has 12 heteroatoms. The van der Waals surface area contributed by atoms with Gasteiger partial charge >= 0.3 is 23.9 Å². The van der Waals surface area contributed by atoms with Gasteiger partial charge in [0.1, 0.15) is 23.0 Å². The Bertz CT molecular complexity index is 1800. The minimum absolute atomic E-state index is 0.153. The normalized spacial score (nSPS) is 11.0. The average molecular weight is 885 g/mol. The number of carbonyl (C=O) groups is 4. The molecule has 0 saturated heterocycles. The molecule has 0 heterocycles. The number of aliphatic hydroxyl groups is 2. The lowest BCUT2D eigenvalue weighted by molar-refractivity contribution is -0.144. The molecule has 0 amide bonds. The summed E-state index contributed by atoms with van der Waals surface area (Å²) in [6.45, 7) is 2.43. The molecule has 0 fully saturated rings. The van der Waals surface area contributed by atoms with Crippen molar-refractivity contribution in [3.05, 3.63) is 96.1 Å². The summed E-state index contributed by atoms with van der Waals surface area (Å²) >= 11 is 0. The van der Waals surface area contributed by atoms with E-state index in [0.717, 1.165) is 126 Å². The maximum absolute atomic E-state index is 12.9. The third kappa shape index (κ3) is 21.3. The number of unbranched alkanes of at least 4 members (excludes halogenated alkanes) is 14. The van der Waals surface area contributed by atoms with E-state index in [1.807, 2.05) is 12.1 Å². The molecule has 0 atom stereocenters. The van der Waals surface area contributed by atoms with E-state index in [1.54, 1.807) is 72.8 Å². The largest absolute Gasteiger partial charge is 0.494 e. The molecule has 0 aliphatic carbocycles. The van der Waals surface area contributed by atoms with Crippen LogP contribution < -0.4 is 18.9 Å². The molecule has 0 aliphatic rings. The molecule has 4 aromatic carbocycles. The van der Waals surface area contributed by atoms with Crippen molar-refractivity contribution in [2.24, 2.45) is 0 Å². The number of hydrogen-bond acceptors (Lipinski definition) is 12. The van der Waals surface area contributed by atoms with Crippen LogP contribution in [-0.4, -0.2) is 73.7 Å². The number of hydrogen-bond donors (Lipinski definition) is 2. The quantitative estimate of drug-likeness (QED) is 0.0260. The highest BCUT2D eigenvalue weighted by molar-refractivity contribution is 5.94. The van der Waals surface area contributed by atoms with Gasteiger partial charge in [-0.15, -0.1) is 0 Å². The lowest BCUT2D eigenvalue weighted by Crippen LogP contribution is -2.09. The fourth-order valence-electron chi connectivity index (χ4n) is 6.87. The molecular weight excluding hydrogens is 817 g/mol. The molecule has 4 aromatic rings. The first-order chi connectivity index (χ1) is 31.3. The Balaban J connectivity index is 1.05.